The zero-order chi connectivity index (χ0) is 12.6. The summed E-state index contributed by atoms with van der Waals surface area (Å²) < 4.78 is 2.65. The van der Waals surface area contributed by atoms with Gasteiger partial charge in [-0.25, -0.2) is 4.68 Å². The molecule has 0 saturated carbocycles. The van der Waals surface area contributed by atoms with Crippen LogP contribution in [0.1, 0.15) is 16.1 Å². The Bertz CT molecular complexity index is 574. The molecular weight excluding hydrogens is 352 g/mol. The van der Waals surface area contributed by atoms with E-state index in [0.717, 1.165) is 4.47 Å². The van der Waals surface area contributed by atoms with Crippen molar-refractivity contribution in [3.8, 4) is 0 Å². The van der Waals surface area contributed by atoms with Crippen molar-refractivity contribution in [1.82, 2.24) is 15.0 Å². The number of carbonyl (C=O) groups excluding carboxylic acids is 1. The lowest BCUT2D eigenvalue weighted by Gasteiger charge is -2.05. The van der Waals surface area contributed by atoms with Gasteiger partial charge in [-0.1, -0.05) is 21.1 Å². The molecule has 0 aliphatic carbocycles. The first-order valence-electron chi connectivity index (χ1n) is 4.65. The Labute approximate surface area is 114 Å². The third-order valence-corrected chi connectivity index (χ3v) is 3.29. The molecular formula is C10H8Br2N4O. The molecule has 0 atom stereocenters. The van der Waals surface area contributed by atoms with Gasteiger partial charge in [0.2, 0.25) is 5.78 Å². The van der Waals surface area contributed by atoms with Gasteiger partial charge < -0.3 is 5.73 Å². The van der Waals surface area contributed by atoms with Gasteiger partial charge in [-0.2, -0.15) is 0 Å². The summed E-state index contributed by atoms with van der Waals surface area (Å²) in [6, 6.07) is 5.12. The molecule has 0 amide bonds. The van der Waals surface area contributed by atoms with Crippen LogP contribution >= 0.6 is 31.9 Å². The number of aromatic nitrogens is 3. The topological polar surface area (TPSA) is 73.8 Å². The summed E-state index contributed by atoms with van der Waals surface area (Å²) in [5, 5.41) is 7.53. The summed E-state index contributed by atoms with van der Waals surface area (Å²) in [7, 11) is 1.65. The largest absolute Gasteiger partial charge is 0.398 e. The maximum Gasteiger partial charge on any atom is 0.215 e. The monoisotopic (exact) mass is 358 g/mol. The molecule has 0 bridgehead atoms. The van der Waals surface area contributed by atoms with Gasteiger partial charge >= 0.3 is 0 Å². The van der Waals surface area contributed by atoms with E-state index in [1.165, 1.54) is 4.68 Å². The molecule has 1 aromatic heterocycles. The number of hydrogen-bond acceptors (Lipinski definition) is 4. The smallest absolute Gasteiger partial charge is 0.215 e. The first kappa shape index (κ1) is 12.3. The zero-order valence-electron chi connectivity index (χ0n) is 8.82. The summed E-state index contributed by atoms with van der Waals surface area (Å²) in [4.78, 5) is 12.3. The molecule has 7 heteroatoms. The number of rotatable bonds is 2. The summed E-state index contributed by atoms with van der Waals surface area (Å²) in [6.45, 7) is 0. The van der Waals surface area contributed by atoms with Crippen LogP contribution in [0.5, 0.6) is 0 Å². The number of halogens is 2. The first-order chi connectivity index (χ1) is 8.00. The molecule has 2 rings (SSSR count). The van der Waals surface area contributed by atoms with E-state index >= 15 is 0 Å². The molecule has 0 radical (unpaired) electrons. The van der Waals surface area contributed by atoms with Crippen LogP contribution in [0.3, 0.4) is 0 Å². The van der Waals surface area contributed by atoms with Crippen molar-refractivity contribution in [2.45, 2.75) is 0 Å². The van der Waals surface area contributed by atoms with Crippen LogP contribution in [0, 0.1) is 0 Å². The van der Waals surface area contributed by atoms with Crippen LogP contribution in [-0.2, 0) is 7.05 Å². The predicted molar refractivity (Wildman–Crippen MR) is 70.7 cm³/mol. The fourth-order valence-electron chi connectivity index (χ4n) is 1.44. The Balaban J connectivity index is 2.51. The molecule has 1 aromatic carbocycles. The van der Waals surface area contributed by atoms with E-state index in [-0.39, 0.29) is 5.78 Å². The maximum atomic E-state index is 12.3. The zero-order valence-corrected chi connectivity index (χ0v) is 12.0. The summed E-state index contributed by atoms with van der Waals surface area (Å²) >= 11 is 6.48. The van der Waals surface area contributed by atoms with Crippen LogP contribution in [0.25, 0.3) is 0 Å². The first-order valence-corrected chi connectivity index (χ1v) is 6.24. The Kier molecular flexibility index (Phi) is 3.30. The van der Waals surface area contributed by atoms with Crippen LogP contribution in [0.2, 0.25) is 0 Å². The second-order valence-electron chi connectivity index (χ2n) is 3.41. The fourth-order valence-corrected chi connectivity index (χ4v) is 2.33. The number of hydrogen-bond donors (Lipinski definition) is 1. The number of nitrogen functional groups attached to an aromatic ring is 1. The summed E-state index contributed by atoms with van der Waals surface area (Å²) in [6.07, 6.45) is 0. The highest BCUT2D eigenvalue weighted by molar-refractivity contribution is 9.10. The van der Waals surface area contributed by atoms with Crippen molar-refractivity contribution in [3.05, 3.63) is 38.5 Å². The van der Waals surface area contributed by atoms with Crippen molar-refractivity contribution in [2.75, 3.05) is 5.73 Å². The molecule has 0 fully saturated rings. The van der Waals surface area contributed by atoms with Gasteiger partial charge in [0.15, 0.2) is 4.60 Å². The molecule has 88 valence electrons. The minimum Gasteiger partial charge on any atom is -0.398 e. The van der Waals surface area contributed by atoms with Crippen LogP contribution < -0.4 is 5.73 Å². The number of carbonyl (C=O) groups is 1. The van der Waals surface area contributed by atoms with E-state index in [9.17, 15) is 4.79 Å². The van der Waals surface area contributed by atoms with Gasteiger partial charge in [0.05, 0.1) is 0 Å². The van der Waals surface area contributed by atoms with Gasteiger partial charge in [0.25, 0.3) is 0 Å². The number of anilines is 1. The van der Waals surface area contributed by atoms with Crippen molar-refractivity contribution in [1.29, 1.82) is 0 Å². The molecule has 0 unspecified atom stereocenters. The Morgan fingerprint density at radius 3 is 2.65 bits per heavy atom. The molecule has 2 N–H and O–H groups in total. The van der Waals surface area contributed by atoms with E-state index in [0.29, 0.717) is 21.5 Å². The molecule has 0 saturated heterocycles. The van der Waals surface area contributed by atoms with Gasteiger partial charge in [0.1, 0.15) is 5.69 Å². The van der Waals surface area contributed by atoms with E-state index in [1.54, 1.807) is 25.2 Å². The van der Waals surface area contributed by atoms with Gasteiger partial charge in [-0.05, 0) is 34.1 Å². The van der Waals surface area contributed by atoms with Crippen molar-refractivity contribution < 1.29 is 4.79 Å². The maximum absolute atomic E-state index is 12.3. The molecule has 0 aliphatic heterocycles. The minimum atomic E-state index is -0.214. The van der Waals surface area contributed by atoms with E-state index in [1.807, 2.05) is 0 Å². The fraction of sp³-hybridized carbons (Fsp3) is 0.100. The van der Waals surface area contributed by atoms with E-state index < -0.39 is 0 Å². The highest BCUT2D eigenvalue weighted by Gasteiger charge is 2.20. The third kappa shape index (κ3) is 2.25. The minimum absolute atomic E-state index is 0.214. The van der Waals surface area contributed by atoms with Crippen LogP contribution in [0.4, 0.5) is 5.69 Å². The van der Waals surface area contributed by atoms with Gasteiger partial charge in [0, 0.05) is 22.8 Å². The second kappa shape index (κ2) is 4.58. The van der Waals surface area contributed by atoms with Gasteiger partial charge in [-0.3, -0.25) is 4.79 Å². The number of nitrogens with zero attached hydrogens (tertiary/aromatic N) is 3. The lowest BCUT2D eigenvalue weighted by molar-refractivity contribution is 0.103. The number of benzene rings is 1. The number of aryl methyl sites for hydroxylation is 1. The Morgan fingerprint density at radius 1 is 1.41 bits per heavy atom. The number of nitrogens with two attached hydrogens (primary N) is 1. The van der Waals surface area contributed by atoms with E-state index in [2.05, 4.69) is 42.2 Å². The van der Waals surface area contributed by atoms with Crippen molar-refractivity contribution in [3.63, 3.8) is 0 Å². The standard InChI is InChI=1S/C10H8Br2N4O/c1-16-8(10(12)14-15-16)9(17)6-3-2-5(11)4-7(6)13/h2-4H,13H2,1H3. The van der Waals surface area contributed by atoms with Crippen molar-refractivity contribution >= 4 is 43.3 Å². The molecule has 5 nitrogen and oxygen atoms in total. The molecule has 0 aliphatic rings. The lowest BCUT2D eigenvalue weighted by Crippen LogP contribution is -2.11. The SMILES string of the molecule is Cn1nnc(Br)c1C(=O)c1ccc(Br)cc1N. The molecule has 17 heavy (non-hydrogen) atoms. The van der Waals surface area contributed by atoms with Gasteiger partial charge in [-0.15, -0.1) is 5.10 Å². The number of ketones is 1. The summed E-state index contributed by atoms with van der Waals surface area (Å²) in [5.41, 5.74) is 7.03. The third-order valence-electron chi connectivity index (χ3n) is 2.26. The molecule has 0 spiro atoms. The quantitative estimate of drug-likeness (QED) is 0.658. The highest BCUT2D eigenvalue weighted by atomic mass is 79.9. The molecule has 1 heterocycles. The predicted octanol–water partition coefficient (Wildman–Crippen LogP) is 2.15. The van der Waals surface area contributed by atoms with Crippen LogP contribution in [0.15, 0.2) is 27.3 Å². The Hall–Kier alpha value is -1.21. The second-order valence-corrected chi connectivity index (χ2v) is 5.08. The lowest BCUT2D eigenvalue weighted by atomic mass is 10.1. The average Bonchev–Trinajstić information content (AvgIpc) is 2.58. The highest BCUT2D eigenvalue weighted by Crippen LogP contribution is 2.23. The molecule has 2 aromatic rings. The Morgan fingerprint density at radius 2 is 2.12 bits per heavy atom. The van der Waals surface area contributed by atoms with Crippen molar-refractivity contribution in [2.24, 2.45) is 7.05 Å². The van der Waals surface area contributed by atoms with Crippen LogP contribution in [-0.4, -0.2) is 20.8 Å². The average molecular weight is 360 g/mol. The summed E-state index contributed by atoms with van der Waals surface area (Å²) in [5.74, 6) is -0.214. The van der Waals surface area contributed by atoms with E-state index in [4.69, 9.17) is 5.73 Å². The normalized spacial score (nSPS) is 10.5.